The zero-order chi connectivity index (χ0) is 2.00. The van der Waals surface area contributed by atoms with E-state index in [9.17, 15) is 0 Å². The average Bonchev–Trinajstić information content (AvgIpc) is 1.00. The van der Waals surface area contributed by atoms with Gasteiger partial charge >= 0.3 is 93.7 Å². The van der Waals surface area contributed by atoms with Gasteiger partial charge in [-0.3, -0.25) is 0 Å². The van der Waals surface area contributed by atoms with Crippen LogP contribution in [0.1, 0.15) is 0 Å². The third-order valence-corrected chi connectivity index (χ3v) is 0. The molecule has 0 bridgehead atoms. The number of rotatable bonds is 0. The first-order chi connectivity index (χ1) is 1.00. The molecule has 0 rings (SSSR count). The van der Waals surface area contributed by atoms with Crippen LogP contribution in [0.25, 0.3) is 0 Å². The second kappa shape index (κ2) is 15.9. The quantitative estimate of drug-likeness (QED) is 0.475. The Bertz CT molecular complexity index is 6.00. The van der Waals surface area contributed by atoms with E-state index >= 15 is 0 Å². The van der Waals surface area contributed by atoms with Crippen LogP contribution < -0.4 is 0 Å². The molecule has 0 aliphatic heterocycles. The molecule has 0 heterocycles. The summed E-state index contributed by atoms with van der Waals surface area (Å²) in [4.78, 5) is 0. The fourth-order valence-electron chi connectivity index (χ4n) is 0. The van der Waals surface area contributed by atoms with Crippen molar-refractivity contribution in [1.29, 1.82) is 0 Å². The van der Waals surface area contributed by atoms with E-state index in [2.05, 4.69) is 0 Å². The summed E-state index contributed by atoms with van der Waals surface area (Å²) in [5, 5.41) is 0. The number of halogens is 2. The summed E-state index contributed by atoms with van der Waals surface area (Å²) >= 11 is 0.422. The molecule has 0 aromatic carbocycles. The Labute approximate surface area is 102 Å². The second-order valence-corrected chi connectivity index (χ2v) is 0. The van der Waals surface area contributed by atoms with E-state index in [-0.39, 0.29) is 50.1 Å². The van der Waals surface area contributed by atoms with Crippen LogP contribution >= 0.6 is 14.8 Å². The van der Waals surface area contributed by atoms with Gasteiger partial charge in [0, 0.05) is 0 Å². The predicted molar refractivity (Wildman–Crippen MR) is 27.4 cm³/mol. The van der Waals surface area contributed by atoms with Crippen LogP contribution in [0.4, 0.5) is 0 Å². The molecule has 0 saturated carbocycles. The van der Waals surface area contributed by atoms with Crippen LogP contribution in [0.15, 0.2) is 0 Å². The summed E-state index contributed by atoms with van der Waals surface area (Å²) in [5.74, 6) is 0. The van der Waals surface area contributed by atoms with E-state index in [1.807, 2.05) is 0 Å². The predicted octanol–water partition coefficient (Wildman–Crippen LogP) is -0.186. The van der Waals surface area contributed by atoms with Crippen LogP contribution in [0.5, 0.6) is 0 Å². The van der Waals surface area contributed by atoms with Crippen molar-refractivity contribution in [2.75, 3.05) is 0 Å². The molecule has 0 nitrogen and oxygen atoms in total. The van der Waals surface area contributed by atoms with Gasteiger partial charge in [-0.1, -0.05) is 0 Å². The zero-order valence-corrected chi connectivity index (χ0v) is 8.27. The Morgan fingerprint density at radius 1 is 1.25 bits per heavy atom. The number of hydrogen-bond donors (Lipinski definition) is 0. The molecule has 4 heteroatoms. The zero-order valence-electron chi connectivity index (χ0n) is 1.79. The summed E-state index contributed by atoms with van der Waals surface area (Å²) < 4.78 is 4.85. The first-order valence-corrected chi connectivity index (χ1v) is 6.71. The minimum absolute atomic E-state index is 0. The molecule has 0 aromatic rings. The van der Waals surface area contributed by atoms with Gasteiger partial charge in [0.2, 0.25) is 0 Å². The summed E-state index contributed by atoms with van der Waals surface area (Å²) in [6, 6.07) is 0. The average molecular weight is 199 g/mol. The Hall–Kier alpha value is 3.64. The molecule has 0 radical (unpaired) electrons. The molecule has 0 fully saturated rings. The maximum atomic E-state index is 4.85. The molecular weight excluding hydrogens is 196 g/mol. The van der Waals surface area contributed by atoms with Gasteiger partial charge in [-0.05, 0) is 0 Å². The molecule has 0 aliphatic carbocycles. The van der Waals surface area contributed by atoms with Crippen molar-refractivity contribution in [2.45, 2.75) is 0 Å². The van der Waals surface area contributed by atoms with Gasteiger partial charge in [0.15, 0.2) is 0 Å². The standard InChI is InChI=1S/Ca.2ClH.Rb.2H/h;2*1H;;;/q;;;+1;;/p-1. The van der Waals surface area contributed by atoms with Crippen molar-refractivity contribution in [2.24, 2.45) is 0 Å². The Morgan fingerprint density at radius 2 is 1.25 bits per heavy atom. The molecule has 20 valence electrons. The van der Waals surface area contributed by atoms with Gasteiger partial charge in [-0.25, -0.2) is 0 Å². The molecule has 0 saturated heterocycles. The molecule has 0 amide bonds. The van der Waals surface area contributed by atoms with E-state index in [4.69, 9.17) is 2.42 Å². The van der Waals surface area contributed by atoms with Crippen molar-refractivity contribution >= 4 is 106 Å². The molecule has 0 unspecified atom stereocenters. The second-order valence-electron chi connectivity index (χ2n) is 0. The van der Waals surface area contributed by atoms with Gasteiger partial charge in [0.05, 0.1) is 0 Å². The van der Waals surface area contributed by atoms with E-state index in [1.54, 1.807) is 0 Å². The van der Waals surface area contributed by atoms with E-state index in [0.29, 0.717) is 53.6 Å². The van der Waals surface area contributed by atoms with Crippen molar-refractivity contribution in [3.05, 3.63) is 0 Å². The van der Waals surface area contributed by atoms with Crippen LogP contribution in [-0.4, -0.2) is 91.3 Å². The van der Waals surface area contributed by atoms with Crippen molar-refractivity contribution in [3.63, 3.8) is 0 Å². The van der Waals surface area contributed by atoms with E-state index in [0.717, 1.165) is 0 Å². The van der Waals surface area contributed by atoms with Crippen molar-refractivity contribution in [3.8, 4) is 0 Å². The molecule has 4 heavy (non-hydrogen) atoms. The van der Waals surface area contributed by atoms with Crippen LogP contribution in [0.3, 0.4) is 0 Å². The third kappa shape index (κ3) is 9.17. The van der Waals surface area contributed by atoms with E-state index in [1.165, 1.54) is 0 Å². The monoisotopic (exact) mass is 198 g/mol. The summed E-state index contributed by atoms with van der Waals surface area (Å²) in [5.41, 5.74) is 0. The SMILES string of the molecule is Cl.[CaH2].[Cl][Rb]. The molecular formula is H3CaCl2Rb. The van der Waals surface area contributed by atoms with Crippen molar-refractivity contribution < 1.29 is 0 Å². The molecule has 0 atom stereocenters. The molecule has 0 spiro atoms. The van der Waals surface area contributed by atoms with Crippen LogP contribution in [0, 0.1) is 0 Å². The summed E-state index contributed by atoms with van der Waals surface area (Å²) in [6.07, 6.45) is 0. The Kier molecular flexibility index (Phi) is 62.3. The Morgan fingerprint density at radius 3 is 1.25 bits per heavy atom. The molecule has 0 aromatic heterocycles. The van der Waals surface area contributed by atoms with Gasteiger partial charge in [0.25, 0.3) is 0 Å². The topological polar surface area (TPSA) is 0 Å². The van der Waals surface area contributed by atoms with Gasteiger partial charge < -0.3 is 0 Å². The minimum atomic E-state index is 0. The first-order valence-electron chi connectivity index (χ1n) is 0.378. The van der Waals surface area contributed by atoms with Crippen LogP contribution in [0.2, 0.25) is 0 Å². The normalized spacial score (nSPS) is 1.75. The number of hydrogen-bond acceptors (Lipinski definition) is 0. The van der Waals surface area contributed by atoms with Crippen LogP contribution in [-0.2, 0) is 0 Å². The fraction of sp³-hybridized carbons (Fsp3) is 0. The van der Waals surface area contributed by atoms with Gasteiger partial charge in [0.1, 0.15) is 0 Å². The summed E-state index contributed by atoms with van der Waals surface area (Å²) in [7, 11) is 0. The molecule has 0 aliphatic rings. The van der Waals surface area contributed by atoms with Crippen molar-refractivity contribution in [1.82, 2.24) is 0 Å². The van der Waals surface area contributed by atoms with Gasteiger partial charge in [-0.2, -0.15) is 0 Å². The fourth-order valence-corrected chi connectivity index (χ4v) is 0. The molecule has 0 N–H and O–H groups in total. The maximum absolute atomic E-state index is 4.85. The third-order valence-electron chi connectivity index (χ3n) is 0. The summed E-state index contributed by atoms with van der Waals surface area (Å²) in [6.45, 7) is 0. The first kappa shape index (κ1) is 15.6. The van der Waals surface area contributed by atoms with Gasteiger partial charge in [-0.15, -0.1) is 12.4 Å². The Balaban J connectivity index is -0.00000000500. The van der Waals surface area contributed by atoms with E-state index < -0.39 is 0 Å².